The van der Waals surface area contributed by atoms with Gasteiger partial charge in [0.2, 0.25) is 0 Å². The van der Waals surface area contributed by atoms with Crippen LogP contribution in [0.5, 0.6) is 11.5 Å². The van der Waals surface area contributed by atoms with Crippen LogP contribution in [0.25, 0.3) is 0 Å². The normalized spacial score (nSPS) is 28.1. The van der Waals surface area contributed by atoms with Crippen LogP contribution in [0, 0.1) is 5.92 Å². The second-order valence-corrected chi connectivity index (χ2v) is 11.9. The highest BCUT2D eigenvalue weighted by atomic mass is 32.2. The summed E-state index contributed by atoms with van der Waals surface area (Å²) in [5.41, 5.74) is 3.53. The predicted octanol–water partition coefficient (Wildman–Crippen LogP) is 6.83. The van der Waals surface area contributed by atoms with Crippen LogP contribution in [-0.4, -0.2) is 22.2 Å². The molecule has 2 unspecified atom stereocenters. The van der Waals surface area contributed by atoms with Gasteiger partial charge in [0.05, 0.1) is 4.08 Å². The molecule has 148 valence electrons. The van der Waals surface area contributed by atoms with Gasteiger partial charge >= 0.3 is 0 Å². The molecule has 1 aliphatic carbocycles. The first-order chi connectivity index (χ1) is 12.9. The number of phenols is 1. The molecule has 1 N–H and O–H groups in total. The van der Waals surface area contributed by atoms with Crippen LogP contribution in [0.2, 0.25) is 0 Å². The molecule has 1 saturated heterocycles. The van der Waals surface area contributed by atoms with Gasteiger partial charge in [-0.2, -0.15) is 0 Å². The lowest BCUT2D eigenvalue weighted by Gasteiger charge is -2.47. The lowest BCUT2D eigenvalue weighted by atomic mass is 9.67. The predicted molar refractivity (Wildman–Crippen MR) is 118 cm³/mol. The summed E-state index contributed by atoms with van der Waals surface area (Å²) in [6.07, 6.45) is 8.01. The molecule has 2 aliphatic heterocycles. The Morgan fingerprint density at radius 1 is 1.22 bits per heavy atom. The quantitative estimate of drug-likeness (QED) is 0.557. The van der Waals surface area contributed by atoms with E-state index in [1.807, 2.05) is 0 Å². The monoisotopic (exact) mass is 404 g/mol. The second kappa shape index (κ2) is 7.26. The highest BCUT2D eigenvalue weighted by Crippen LogP contribution is 2.59. The summed E-state index contributed by atoms with van der Waals surface area (Å²) in [4.78, 5) is 0. The summed E-state index contributed by atoms with van der Waals surface area (Å²) >= 11 is 4.10. The number of ether oxygens (including phenoxy) is 1. The molecular formula is C23H32O2S2. The minimum absolute atomic E-state index is 0.0786. The highest BCUT2D eigenvalue weighted by Gasteiger charge is 2.47. The smallest absolute Gasteiger partial charge is 0.127 e. The number of hydrogen-bond donors (Lipinski definition) is 1. The Morgan fingerprint density at radius 3 is 2.67 bits per heavy atom. The Kier molecular flexibility index (Phi) is 5.26. The van der Waals surface area contributed by atoms with Crippen LogP contribution in [0.4, 0.5) is 0 Å². The molecule has 0 radical (unpaired) electrons. The van der Waals surface area contributed by atoms with Gasteiger partial charge in [-0.1, -0.05) is 31.4 Å². The maximum Gasteiger partial charge on any atom is 0.127 e. The SMILES string of the molecule is CCCCC1(c2cc(O)c3c(c2)OC(C)(C)C2CC=C(C)CC32)SCCS1. The van der Waals surface area contributed by atoms with Crippen molar-refractivity contribution in [1.82, 2.24) is 0 Å². The van der Waals surface area contributed by atoms with Crippen molar-refractivity contribution in [2.24, 2.45) is 5.92 Å². The largest absolute Gasteiger partial charge is 0.508 e. The average Bonchev–Trinajstić information content (AvgIpc) is 3.08. The van der Waals surface area contributed by atoms with Gasteiger partial charge in [0.1, 0.15) is 17.1 Å². The van der Waals surface area contributed by atoms with E-state index in [0.717, 1.165) is 30.6 Å². The summed E-state index contributed by atoms with van der Waals surface area (Å²) in [6.45, 7) is 8.91. The van der Waals surface area contributed by atoms with Crippen LogP contribution in [0.3, 0.4) is 0 Å². The third-order valence-corrected chi connectivity index (χ3v) is 10.2. The zero-order valence-corrected chi connectivity index (χ0v) is 18.6. The van der Waals surface area contributed by atoms with Gasteiger partial charge in [-0.15, -0.1) is 23.5 Å². The van der Waals surface area contributed by atoms with E-state index in [4.69, 9.17) is 4.74 Å². The second-order valence-electron chi connectivity index (χ2n) is 8.87. The number of thioether (sulfide) groups is 2. The molecule has 0 bridgehead atoms. The molecule has 1 aromatic rings. The summed E-state index contributed by atoms with van der Waals surface area (Å²) in [7, 11) is 0. The van der Waals surface area contributed by atoms with E-state index in [-0.39, 0.29) is 9.68 Å². The molecule has 4 heteroatoms. The first-order valence-corrected chi connectivity index (χ1v) is 12.3. The number of hydrogen-bond acceptors (Lipinski definition) is 4. The van der Waals surface area contributed by atoms with Crippen LogP contribution in [0.1, 0.15) is 76.8 Å². The van der Waals surface area contributed by atoms with Crippen LogP contribution in [-0.2, 0) is 4.08 Å². The molecule has 27 heavy (non-hydrogen) atoms. The fourth-order valence-corrected chi connectivity index (χ4v) is 8.41. The number of benzene rings is 1. The third-order valence-electron chi connectivity index (χ3n) is 6.56. The first-order valence-electron chi connectivity index (χ1n) is 10.4. The van der Waals surface area contributed by atoms with Crippen LogP contribution in [0.15, 0.2) is 23.8 Å². The maximum atomic E-state index is 11.1. The summed E-state index contributed by atoms with van der Waals surface area (Å²) < 4.78 is 6.63. The molecule has 0 spiro atoms. The van der Waals surface area contributed by atoms with E-state index < -0.39 is 0 Å². The number of aromatic hydroxyl groups is 1. The molecular weight excluding hydrogens is 372 g/mol. The minimum Gasteiger partial charge on any atom is -0.508 e. The molecule has 2 nitrogen and oxygen atoms in total. The zero-order chi connectivity index (χ0) is 19.2. The van der Waals surface area contributed by atoms with E-state index in [2.05, 4.69) is 69.4 Å². The maximum absolute atomic E-state index is 11.1. The molecule has 0 saturated carbocycles. The number of unbranched alkanes of at least 4 members (excludes halogenated alkanes) is 1. The molecule has 2 atom stereocenters. The van der Waals surface area contributed by atoms with Crippen molar-refractivity contribution in [2.75, 3.05) is 11.5 Å². The van der Waals surface area contributed by atoms with E-state index >= 15 is 0 Å². The highest BCUT2D eigenvalue weighted by molar-refractivity contribution is 8.20. The van der Waals surface area contributed by atoms with E-state index in [0.29, 0.717) is 17.6 Å². The number of phenolic OH excluding ortho intramolecular Hbond substituents is 1. The van der Waals surface area contributed by atoms with Crippen molar-refractivity contribution in [1.29, 1.82) is 0 Å². The Labute approximate surface area is 172 Å². The third kappa shape index (κ3) is 3.42. The first kappa shape index (κ1) is 19.6. The van der Waals surface area contributed by atoms with E-state index in [1.165, 1.54) is 35.5 Å². The molecule has 0 amide bonds. The van der Waals surface area contributed by atoms with Crippen molar-refractivity contribution < 1.29 is 9.84 Å². The lowest BCUT2D eigenvalue weighted by Crippen LogP contribution is -2.45. The van der Waals surface area contributed by atoms with Gasteiger partial charge in [-0.25, -0.2) is 0 Å². The molecule has 2 heterocycles. The Hall–Kier alpha value is -0.740. The molecule has 4 rings (SSSR count). The molecule has 0 aromatic heterocycles. The average molecular weight is 405 g/mol. The Balaban J connectivity index is 1.78. The van der Waals surface area contributed by atoms with Gasteiger partial charge in [0.25, 0.3) is 0 Å². The number of allylic oxidation sites excluding steroid dienone is 2. The topological polar surface area (TPSA) is 29.5 Å². The van der Waals surface area contributed by atoms with Gasteiger partial charge < -0.3 is 9.84 Å². The van der Waals surface area contributed by atoms with Crippen molar-refractivity contribution >= 4 is 23.5 Å². The minimum atomic E-state index is -0.202. The molecule has 1 aromatic carbocycles. The van der Waals surface area contributed by atoms with Gasteiger partial charge in [-0.05, 0) is 57.7 Å². The van der Waals surface area contributed by atoms with Crippen molar-refractivity contribution in [3.63, 3.8) is 0 Å². The van der Waals surface area contributed by atoms with Gasteiger partial charge in [-0.3, -0.25) is 0 Å². The van der Waals surface area contributed by atoms with Crippen molar-refractivity contribution in [3.8, 4) is 11.5 Å². The van der Waals surface area contributed by atoms with Gasteiger partial charge in [0, 0.05) is 28.9 Å². The van der Waals surface area contributed by atoms with Crippen LogP contribution < -0.4 is 4.74 Å². The summed E-state index contributed by atoms with van der Waals surface area (Å²) in [6, 6.07) is 4.33. The zero-order valence-electron chi connectivity index (χ0n) is 17.0. The van der Waals surface area contributed by atoms with Crippen molar-refractivity contribution in [2.45, 2.75) is 75.4 Å². The summed E-state index contributed by atoms with van der Waals surface area (Å²) in [5.74, 6) is 4.54. The Bertz CT molecular complexity index is 747. The Morgan fingerprint density at radius 2 is 1.96 bits per heavy atom. The van der Waals surface area contributed by atoms with E-state index in [9.17, 15) is 5.11 Å². The number of fused-ring (bicyclic) bond motifs is 3. The van der Waals surface area contributed by atoms with Crippen LogP contribution >= 0.6 is 23.5 Å². The molecule has 1 fully saturated rings. The van der Waals surface area contributed by atoms with Crippen molar-refractivity contribution in [3.05, 3.63) is 34.9 Å². The standard InChI is InChI=1S/C23H32O2S2/c1-5-6-9-23(26-10-11-27-23)16-13-19(24)21-17-12-15(2)7-8-18(17)22(3,4)25-20(21)14-16/h7,13-14,17-18,24H,5-6,8-12H2,1-4H3. The fourth-order valence-electron chi connectivity index (χ4n) is 5.10. The molecule has 3 aliphatic rings. The van der Waals surface area contributed by atoms with E-state index in [1.54, 1.807) is 0 Å². The van der Waals surface area contributed by atoms with Gasteiger partial charge in [0.15, 0.2) is 0 Å². The lowest BCUT2D eigenvalue weighted by molar-refractivity contribution is 0.00751. The fraction of sp³-hybridized carbons (Fsp3) is 0.652. The number of rotatable bonds is 4. The summed E-state index contributed by atoms with van der Waals surface area (Å²) in [5, 5.41) is 11.1.